The number of hydrogen-bond donors (Lipinski definition) is 2. The lowest BCUT2D eigenvalue weighted by atomic mass is 9.41. The zero-order valence-corrected chi connectivity index (χ0v) is 26.7. The largest absolute Gasteiger partial charge is 0.393 e. The summed E-state index contributed by atoms with van der Waals surface area (Å²) in [5, 5.41) is 22.4. The summed E-state index contributed by atoms with van der Waals surface area (Å²) in [6.45, 7) is 15.3. The van der Waals surface area contributed by atoms with Gasteiger partial charge in [0, 0.05) is 6.42 Å². The molecule has 5 nitrogen and oxygen atoms in total. The molecule has 0 aliphatic heterocycles. The van der Waals surface area contributed by atoms with Crippen molar-refractivity contribution in [3.8, 4) is 0 Å². The summed E-state index contributed by atoms with van der Waals surface area (Å²) in [7, 11) is -3.36. The number of aliphatic hydroxyl groups excluding tert-OH is 2. The summed E-state index contributed by atoms with van der Waals surface area (Å²) in [4.78, 5) is 12.5. The van der Waals surface area contributed by atoms with Gasteiger partial charge < -0.3 is 10.2 Å². The zero-order valence-electron chi connectivity index (χ0n) is 25.9. The number of fused-ring (bicyclic) bond motifs is 5. The van der Waals surface area contributed by atoms with E-state index in [2.05, 4.69) is 27.7 Å². The Morgan fingerprint density at radius 1 is 0.974 bits per heavy atom. The second-order valence-corrected chi connectivity index (χ2v) is 18.2. The fraction of sp³-hybridized carbons (Fsp3) is 0.970. The number of sulfone groups is 1. The fourth-order valence-electron chi connectivity index (χ4n) is 10.8. The average Bonchev–Trinajstić information content (AvgIpc) is 3.15. The molecule has 4 saturated carbocycles. The van der Waals surface area contributed by atoms with Gasteiger partial charge in [-0.2, -0.15) is 0 Å². The first kappa shape index (κ1) is 31.5. The Morgan fingerprint density at radius 3 is 2.26 bits per heavy atom. The zero-order chi connectivity index (χ0) is 29.0. The molecule has 39 heavy (non-hydrogen) atoms. The second-order valence-electron chi connectivity index (χ2n) is 16.1. The van der Waals surface area contributed by atoms with Crippen molar-refractivity contribution in [2.75, 3.05) is 11.5 Å². The molecule has 11 atom stereocenters. The van der Waals surface area contributed by atoms with Gasteiger partial charge in [-0.25, -0.2) is 8.42 Å². The maximum Gasteiger partial charge on any atom is 0.157 e. The van der Waals surface area contributed by atoms with Crippen LogP contribution in [0, 0.1) is 57.7 Å². The van der Waals surface area contributed by atoms with Gasteiger partial charge in [-0.05, 0) is 109 Å². The fourth-order valence-corrected chi connectivity index (χ4v) is 12.8. The van der Waals surface area contributed by atoms with Crippen LogP contribution in [-0.2, 0) is 14.6 Å². The van der Waals surface area contributed by atoms with Gasteiger partial charge in [-0.3, -0.25) is 4.79 Å². The highest BCUT2D eigenvalue weighted by Gasteiger charge is 2.64. The van der Waals surface area contributed by atoms with Crippen molar-refractivity contribution in [2.24, 2.45) is 57.7 Å². The Morgan fingerprint density at radius 2 is 1.62 bits per heavy atom. The van der Waals surface area contributed by atoms with Gasteiger partial charge in [0.2, 0.25) is 0 Å². The van der Waals surface area contributed by atoms with E-state index in [0.29, 0.717) is 41.9 Å². The molecule has 0 aromatic rings. The highest BCUT2D eigenvalue weighted by molar-refractivity contribution is 7.92. The summed E-state index contributed by atoms with van der Waals surface area (Å²) in [5.41, 5.74) is 0.112. The molecule has 0 radical (unpaired) electrons. The smallest absolute Gasteiger partial charge is 0.157 e. The van der Waals surface area contributed by atoms with E-state index in [4.69, 9.17) is 0 Å². The third kappa shape index (κ3) is 6.19. The SMILES string of the molecule is CC[C@H]1[C@@H](O)[C@@H]2[C@H](CC[C@]3(C)[C@@H]([C@H](C)CCCC(=O)CS(=O)(=O)CC(C)(C)C)CC[C@@H]23)[C@@]2(C)CC[C@@H](O)C[C@@H]12. The number of rotatable bonds is 9. The normalized spacial score (nSPS) is 43.3. The minimum Gasteiger partial charge on any atom is -0.393 e. The van der Waals surface area contributed by atoms with Gasteiger partial charge in [0.15, 0.2) is 9.84 Å². The third-order valence-corrected chi connectivity index (χ3v) is 14.4. The van der Waals surface area contributed by atoms with Crippen LogP contribution in [0.1, 0.15) is 119 Å². The number of aliphatic hydroxyl groups is 2. The molecule has 4 aliphatic rings. The molecule has 0 aromatic heterocycles. The van der Waals surface area contributed by atoms with Crippen molar-refractivity contribution in [1.29, 1.82) is 0 Å². The monoisotopic (exact) mass is 566 g/mol. The summed E-state index contributed by atoms with van der Waals surface area (Å²) in [6.07, 6.45) is 10.2. The van der Waals surface area contributed by atoms with Crippen LogP contribution >= 0.6 is 0 Å². The third-order valence-electron chi connectivity index (χ3n) is 12.3. The lowest BCUT2D eigenvalue weighted by molar-refractivity contribution is -0.203. The predicted molar refractivity (Wildman–Crippen MR) is 158 cm³/mol. The van der Waals surface area contributed by atoms with Crippen LogP contribution < -0.4 is 0 Å². The topological polar surface area (TPSA) is 91.7 Å². The molecular formula is C33H58O5S. The van der Waals surface area contributed by atoms with E-state index in [9.17, 15) is 23.4 Å². The average molecular weight is 567 g/mol. The number of carbonyl (C=O) groups is 1. The Bertz CT molecular complexity index is 985. The molecule has 4 fully saturated rings. The molecule has 0 aromatic carbocycles. The first-order valence-corrected chi connectivity index (χ1v) is 17.9. The van der Waals surface area contributed by atoms with E-state index in [1.807, 2.05) is 20.8 Å². The van der Waals surface area contributed by atoms with E-state index in [-0.39, 0.29) is 51.7 Å². The number of carbonyl (C=O) groups excluding carboxylic acids is 1. The first-order chi connectivity index (χ1) is 18.0. The van der Waals surface area contributed by atoms with E-state index >= 15 is 0 Å². The van der Waals surface area contributed by atoms with Crippen LogP contribution in [0.2, 0.25) is 0 Å². The first-order valence-electron chi connectivity index (χ1n) is 16.1. The van der Waals surface area contributed by atoms with Crippen LogP contribution in [-0.4, -0.2) is 48.1 Å². The van der Waals surface area contributed by atoms with Gasteiger partial charge in [0.05, 0.1) is 18.0 Å². The lowest BCUT2D eigenvalue weighted by Gasteiger charge is -2.64. The van der Waals surface area contributed by atoms with Crippen molar-refractivity contribution in [3.63, 3.8) is 0 Å². The van der Waals surface area contributed by atoms with Crippen molar-refractivity contribution in [2.45, 2.75) is 131 Å². The van der Waals surface area contributed by atoms with Crippen molar-refractivity contribution < 1.29 is 23.4 Å². The Labute approximate surface area is 239 Å². The van der Waals surface area contributed by atoms with Crippen LogP contribution in [0.15, 0.2) is 0 Å². The van der Waals surface area contributed by atoms with E-state index in [1.165, 1.54) is 25.7 Å². The molecule has 0 spiro atoms. The predicted octanol–water partition coefficient (Wildman–Crippen LogP) is 6.45. The molecule has 0 unspecified atom stereocenters. The Balaban J connectivity index is 1.40. The summed E-state index contributed by atoms with van der Waals surface area (Å²) < 4.78 is 24.8. The molecule has 4 rings (SSSR count). The number of Topliss-reactive ketones (excluding diaryl/α,β-unsaturated/α-hetero) is 1. The highest BCUT2D eigenvalue weighted by Crippen LogP contribution is 2.69. The molecule has 0 saturated heterocycles. The van der Waals surface area contributed by atoms with E-state index in [0.717, 1.165) is 38.5 Å². The Hall–Kier alpha value is -0.460. The van der Waals surface area contributed by atoms with Gasteiger partial charge in [-0.1, -0.05) is 61.3 Å². The van der Waals surface area contributed by atoms with Crippen LogP contribution in [0.4, 0.5) is 0 Å². The van der Waals surface area contributed by atoms with Crippen molar-refractivity contribution >= 4 is 15.6 Å². The number of ketones is 1. The summed E-state index contributed by atoms with van der Waals surface area (Å²) >= 11 is 0. The van der Waals surface area contributed by atoms with Crippen molar-refractivity contribution in [3.05, 3.63) is 0 Å². The van der Waals surface area contributed by atoms with Crippen LogP contribution in [0.25, 0.3) is 0 Å². The molecule has 0 amide bonds. The minimum atomic E-state index is -3.36. The molecule has 4 aliphatic carbocycles. The van der Waals surface area contributed by atoms with Crippen molar-refractivity contribution in [1.82, 2.24) is 0 Å². The Kier molecular flexibility index (Phi) is 9.14. The lowest BCUT2D eigenvalue weighted by Crippen LogP contribution is -2.62. The standard InChI is InChI=1S/C33H58O5S/c1-8-24-28-18-22(34)14-16-33(28,7)27-15-17-32(6)25(12-13-26(32)29(27)30(24)36)21(2)10-9-11-23(35)19-39(37,38)20-31(3,4)5/h21-22,24-30,34,36H,8-20H2,1-7H3/t21-,22-,24-,25-,26+,27+,28+,29+,30-,32-,33-/m1/s1. The minimum absolute atomic E-state index is 0.0528. The molecule has 226 valence electrons. The van der Waals surface area contributed by atoms with Gasteiger partial charge >= 0.3 is 0 Å². The van der Waals surface area contributed by atoms with Gasteiger partial charge in [-0.15, -0.1) is 0 Å². The molecular weight excluding hydrogens is 508 g/mol. The maximum absolute atomic E-state index is 12.5. The number of hydrogen-bond acceptors (Lipinski definition) is 5. The van der Waals surface area contributed by atoms with Crippen LogP contribution in [0.3, 0.4) is 0 Å². The van der Waals surface area contributed by atoms with E-state index < -0.39 is 9.84 Å². The molecule has 2 N–H and O–H groups in total. The summed E-state index contributed by atoms with van der Waals surface area (Å²) in [5.74, 6) is 2.83. The van der Waals surface area contributed by atoms with Gasteiger partial charge in [0.1, 0.15) is 11.5 Å². The maximum atomic E-state index is 12.5. The molecule has 6 heteroatoms. The quantitative estimate of drug-likeness (QED) is 0.335. The van der Waals surface area contributed by atoms with Gasteiger partial charge in [0.25, 0.3) is 0 Å². The second kappa shape index (κ2) is 11.3. The molecule has 0 bridgehead atoms. The van der Waals surface area contributed by atoms with Crippen LogP contribution in [0.5, 0.6) is 0 Å². The highest BCUT2D eigenvalue weighted by atomic mass is 32.2. The molecule has 0 heterocycles. The summed E-state index contributed by atoms with van der Waals surface area (Å²) in [6, 6.07) is 0. The van der Waals surface area contributed by atoms with E-state index in [1.54, 1.807) is 0 Å².